The molecule has 0 amide bonds. The summed E-state index contributed by atoms with van der Waals surface area (Å²) in [6.45, 7) is 10.5. The summed E-state index contributed by atoms with van der Waals surface area (Å²) in [5.74, 6) is 2.10. The zero-order valence-corrected chi connectivity index (χ0v) is 17.9. The first kappa shape index (κ1) is 20.8. The Balaban J connectivity index is 0.00000102. The smallest absolute Gasteiger partial charge is 0.155 e. The normalized spacial score (nSPS) is 45.6. The quantitative estimate of drug-likeness (QED) is 0.730. The molecule has 4 aliphatic carbocycles. The molecule has 7 atom stereocenters. The Hall–Kier alpha value is -0.960. The molecule has 0 aromatic heterocycles. The molecule has 0 aromatic carbocycles. The van der Waals surface area contributed by atoms with Crippen LogP contribution in [0.3, 0.4) is 0 Å². The molecule has 0 radical (unpaired) electrons. The van der Waals surface area contributed by atoms with Crippen LogP contribution in [0.5, 0.6) is 0 Å². The Labute approximate surface area is 165 Å². The number of aliphatic hydroxyl groups is 1. The summed E-state index contributed by atoms with van der Waals surface area (Å²) in [5.41, 5.74) is 1.23. The van der Waals surface area contributed by atoms with Gasteiger partial charge in [-0.3, -0.25) is 9.59 Å². The Morgan fingerprint density at radius 1 is 1.19 bits per heavy atom. The molecule has 0 spiro atoms. The zero-order valence-electron chi connectivity index (χ0n) is 17.9. The van der Waals surface area contributed by atoms with E-state index in [1.807, 2.05) is 26.8 Å². The van der Waals surface area contributed by atoms with Crippen molar-refractivity contribution in [3.05, 3.63) is 11.6 Å². The number of hydrogen-bond donors (Lipinski definition) is 1. The molecule has 1 N–H and O–H groups in total. The van der Waals surface area contributed by atoms with Gasteiger partial charge in [0.2, 0.25) is 0 Å². The van der Waals surface area contributed by atoms with Crippen LogP contribution in [0.4, 0.5) is 0 Å². The van der Waals surface area contributed by atoms with E-state index in [0.29, 0.717) is 30.5 Å². The minimum Gasteiger partial charge on any atom is -0.393 e. The lowest BCUT2D eigenvalue weighted by Crippen LogP contribution is -2.57. The molecule has 0 aliphatic heterocycles. The third-order valence-corrected chi connectivity index (χ3v) is 8.63. The van der Waals surface area contributed by atoms with Crippen LogP contribution in [0, 0.1) is 34.5 Å². The molecule has 0 aromatic rings. The van der Waals surface area contributed by atoms with E-state index in [4.69, 9.17) is 0 Å². The highest BCUT2D eigenvalue weighted by atomic mass is 16.3. The van der Waals surface area contributed by atoms with Gasteiger partial charge in [0.1, 0.15) is 5.78 Å². The Kier molecular flexibility index (Phi) is 5.74. The van der Waals surface area contributed by atoms with E-state index in [9.17, 15) is 14.7 Å². The fourth-order valence-electron chi connectivity index (χ4n) is 7.46. The van der Waals surface area contributed by atoms with Crippen molar-refractivity contribution in [2.24, 2.45) is 34.5 Å². The van der Waals surface area contributed by atoms with Crippen LogP contribution in [0.15, 0.2) is 11.6 Å². The highest BCUT2D eigenvalue weighted by molar-refractivity contribution is 5.91. The first-order chi connectivity index (χ1) is 12.8. The molecule has 3 heteroatoms. The van der Waals surface area contributed by atoms with Gasteiger partial charge < -0.3 is 5.11 Å². The number of ketones is 2. The van der Waals surface area contributed by atoms with E-state index in [1.54, 1.807) is 0 Å². The average molecular weight is 375 g/mol. The highest BCUT2D eigenvalue weighted by Crippen LogP contribution is 2.66. The van der Waals surface area contributed by atoms with Crippen molar-refractivity contribution in [2.45, 2.75) is 92.1 Å². The Morgan fingerprint density at radius 2 is 1.89 bits per heavy atom. The van der Waals surface area contributed by atoms with E-state index < -0.39 is 0 Å². The molecule has 3 nitrogen and oxygen atoms in total. The van der Waals surface area contributed by atoms with Crippen molar-refractivity contribution in [3.63, 3.8) is 0 Å². The van der Waals surface area contributed by atoms with Crippen molar-refractivity contribution < 1.29 is 14.7 Å². The summed E-state index contributed by atoms with van der Waals surface area (Å²) in [7, 11) is 0. The number of carbonyl (C=O) groups is 2. The third-order valence-electron chi connectivity index (χ3n) is 8.63. The molecular formula is C24H38O3. The summed E-state index contributed by atoms with van der Waals surface area (Å²) < 4.78 is 0. The van der Waals surface area contributed by atoms with Gasteiger partial charge in [-0.25, -0.2) is 0 Å². The topological polar surface area (TPSA) is 54.4 Å². The summed E-state index contributed by atoms with van der Waals surface area (Å²) in [5, 5.41) is 11.2. The minimum atomic E-state index is -0.349. The number of aliphatic hydroxyl groups excluding tert-OH is 1. The van der Waals surface area contributed by atoms with Crippen molar-refractivity contribution in [1.29, 1.82) is 0 Å². The molecule has 152 valence electrons. The van der Waals surface area contributed by atoms with Gasteiger partial charge in [-0.15, -0.1) is 0 Å². The van der Waals surface area contributed by atoms with Crippen LogP contribution in [0.1, 0.15) is 86.0 Å². The molecule has 0 heterocycles. The van der Waals surface area contributed by atoms with Gasteiger partial charge in [0.05, 0.1) is 6.10 Å². The first-order valence-electron chi connectivity index (χ1n) is 11.3. The molecule has 0 bridgehead atoms. The van der Waals surface area contributed by atoms with Gasteiger partial charge in [-0.05, 0) is 73.2 Å². The molecule has 3 fully saturated rings. The standard InChI is InChI=1S/C22H32O3.C2H6/c1-4-18(24)17-8-7-16-15-6-5-13-11-14(23)9-10-21(13,2)20(15)19(25)12-22(16,17)3;1-2/h11,15-17,19-20,25H,4-10,12H2,1-3H3;1-2H3. The predicted molar refractivity (Wildman–Crippen MR) is 108 cm³/mol. The van der Waals surface area contributed by atoms with Crippen LogP contribution in [0.25, 0.3) is 0 Å². The largest absolute Gasteiger partial charge is 0.393 e. The minimum absolute atomic E-state index is 0.0234. The number of hydrogen-bond acceptors (Lipinski definition) is 3. The van der Waals surface area contributed by atoms with Crippen LogP contribution in [0.2, 0.25) is 0 Å². The number of fused-ring (bicyclic) bond motifs is 5. The van der Waals surface area contributed by atoms with Crippen molar-refractivity contribution in [3.8, 4) is 0 Å². The maximum absolute atomic E-state index is 12.5. The fourth-order valence-corrected chi connectivity index (χ4v) is 7.46. The van der Waals surface area contributed by atoms with Gasteiger partial charge in [0.25, 0.3) is 0 Å². The van der Waals surface area contributed by atoms with Crippen molar-refractivity contribution in [1.82, 2.24) is 0 Å². The lowest BCUT2D eigenvalue weighted by Gasteiger charge is -2.59. The van der Waals surface area contributed by atoms with Crippen LogP contribution in [-0.2, 0) is 9.59 Å². The SMILES string of the molecule is CC.CCC(=O)C1CCC2C3CCC4=CC(=O)CCC4(C)C3C(O)CC12C. The summed E-state index contributed by atoms with van der Waals surface area (Å²) in [6, 6.07) is 0. The Morgan fingerprint density at radius 3 is 2.56 bits per heavy atom. The van der Waals surface area contributed by atoms with Gasteiger partial charge in [0.15, 0.2) is 5.78 Å². The van der Waals surface area contributed by atoms with Crippen LogP contribution < -0.4 is 0 Å². The molecule has 0 saturated heterocycles. The maximum atomic E-state index is 12.5. The van der Waals surface area contributed by atoms with E-state index in [-0.39, 0.29) is 34.6 Å². The number of carbonyl (C=O) groups excluding carboxylic acids is 2. The second kappa shape index (κ2) is 7.46. The maximum Gasteiger partial charge on any atom is 0.155 e. The first-order valence-corrected chi connectivity index (χ1v) is 11.3. The fraction of sp³-hybridized carbons (Fsp3) is 0.833. The number of Topliss-reactive ketones (excluding diaryl/α,β-unsaturated/α-hetero) is 1. The van der Waals surface area contributed by atoms with E-state index >= 15 is 0 Å². The average Bonchev–Trinajstić information content (AvgIpc) is 2.99. The monoisotopic (exact) mass is 374 g/mol. The van der Waals surface area contributed by atoms with Crippen LogP contribution >= 0.6 is 0 Å². The molecular weight excluding hydrogens is 336 g/mol. The zero-order chi connectivity index (χ0) is 20.0. The molecule has 27 heavy (non-hydrogen) atoms. The second-order valence-electron chi connectivity index (χ2n) is 9.62. The molecule has 4 aliphatic rings. The van der Waals surface area contributed by atoms with Crippen LogP contribution in [-0.4, -0.2) is 22.8 Å². The van der Waals surface area contributed by atoms with E-state index in [2.05, 4.69) is 13.8 Å². The van der Waals surface area contributed by atoms with E-state index in [0.717, 1.165) is 38.5 Å². The lowest BCUT2D eigenvalue weighted by molar-refractivity contribution is -0.144. The predicted octanol–water partition coefficient (Wildman–Crippen LogP) is 5.11. The molecule has 7 unspecified atom stereocenters. The van der Waals surface area contributed by atoms with Gasteiger partial charge >= 0.3 is 0 Å². The number of allylic oxidation sites excluding steroid dienone is 1. The van der Waals surface area contributed by atoms with Crippen molar-refractivity contribution >= 4 is 11.6 Å². The summed E-state index contributed by atoms with van der Waals surface area (Å²) in [4.78, 5) is 24.4. The van der Waals surface area contributed by atoms with Crippen molar-refractivity contribution in [2.75, 3.05) is 0 Å². The second-order valence-corrected chi connectivity index (χ2v) is 9.62. The lowest BCUT2D eigenvalue weighted by atomic mass is 9.46. The van der Waals surface area contributed by atoms with Gasteiger partial charge in [-0.2, -0.15) is 0 Å². The third kappa shape index (κ3) is 3.05. The molecule has 4 rings (SSSR count). The highest BCUT2D eigenvalue weighted by Gasteiger charge is 2.62. The van der Waals surface area contributed by atoms with Gasteiger partial charge in [0, 0.05) is 18.8 Å². The number of rotatable bonds is 2. The van der Waals surface area contributed by atoms with E-state index in [1.165, 1.54) is 5.57 Å². The molecule has 3 saturated carbocycles. The Bertz CT molecular complexity index is 636. The van der Waals surface area contributed by atoms with Gasteiger partial charge in [-0.1, -0.05) is 40.2 Å². The summed E-state index contributed by atoms with van der Waals surface area (Å²) >= 11 is 0. The summed E-state index contributed by atoms with van der Waals surface area (Å²) in [6.07, 6.45) is 8.62.